The molecule has 0 aliphatic carbocycles. The third-order valence-corrected chi connectivity index (χ3v) is 4.09. The maximum atomic E-state index is 5.72. The van der Waals surface area contributed by atoms with Gasteiger partial charge < -0.3 is 15.2 Å². The van der Waals surface area contributed by atoms with E-state index in [4.69, 9.17) is 15.2 Å². The van der Waals surface area contributed by atoms with E-state index in [0.29, 0.717) is 19.3 Å². The number of ether oxygens (including phenoxy) is 2. The lowest BCUT2D eigenvalue weighted by molar-refractivity contribution is 0.0574. The summed E-state index contributed by atoms with van der Waals surface area (Å²) in [6, 6.07) is 0.665. The van der Waals surface area contributed by atoms with Gasteiger partial charge in [-0.3, -0.25) is 9.80 Å². The third kappa shape index (κ3) is 6.99. The second kappa shape index (κ2) is 11.5. The average Bonchev–Trinajstić information content (AvgIpc) is 2.70. The molecule has 1 unspecified atom stereocenters. The zero-order chi connectivity index (χ0) is 14.6. The van der Waals surface area contributed by atoms with Crippen LogP contribution in [0.1, 0.15) is 26.2 Å². The molecule has 1 fully saturated rings. The highest BCUT2D eigenvalue weighted by Crippen LogP contribution is 2.12. The summed E-state index contributed by atoms with van der Waals surface area (Å²) in [4.78, 5) is 5.14. The molecule has 120 valence electrons. The highest BCUT2D eigenvalue weighted by atomic mass is 16.5. The van der Waals surface area contributed by atoms with Crippen LogP contribution in [0.2, 0.25) is 0 Å². The Morgan fingerprint density at radius 2 is 1.95 bits per heavy atom. The zero-order valence-electron chi connectivity index (χ0n) is 13.4. The SMILES string of the molecule is CCC(CCN)N1CCCN(CCOCCOC)CC1. The summed E-state index contributed by atoms with van der Waals surface area (Å²) in [6.45, 7) is 11.0. The molecule has 1 rings (SSSR count). The third-order valence-electron chi connectivity index (χ3n) is 4.09. The van der Waals surface area contributed by atoms with Crippen LogP contribution in [0.4, 0.5) is 0 Å². The Morgan fingerprint density at radius 1 is 1.10 bits per heavy atom. The largest absolute Gasteiger partial charge is 0.382 e. The van der Waals surface area contributed by atoms with E-state index in [1.165, 1.54) is 25.9 Å². The van der Waals surface area contributed by atoms with Crippen LogP contribution in [0.3, 0.4) is 0 Å². The van der Waals surface area contributed by atoms with Crippen LogP contribution in [0, 0.1) is 0 Å². The minimum atomic E-state index is 0.665. The van der Waals surface area contributed by atoms with Crippen molar-refractivity contribution in [1.82, 2.24) is 9.80 Å². The molecule has 20 heavy (non-hydrogen) atoms. The van der Waals surface area contributed by atoms with Gasteiger partial charge in [0.15, 0.2) is 0 Å². The van der Waals surface area contributed by atoms with Gasteiger partial charge >= 0.3 is 0 Å². The van der Waals surface area contributed by atoms with Crippen molar-refractivity contribution in [2.24, 2.45) is 5.73 Å². The molecule has 0 spiro atoms. The van der Waals surface area contributed by atoms with Gasteiger partial charge in [-0.25, -0.2) is 0 Å². The van der Waals surface area contributed by atoms with E-state index in [0.717, 1.165) is 39.2 Å². The molecule has 0 aromatic heterocycles. The van der Waals surface area contributed by atoms with Gasteiger partial charge in [-0.2, -0.15) is 0 Å². The minimum Gasteiger partial charge on any atom is -0.382 e. The molecule has 2 N–H and O–H groups in total. The van der Waals surface area contributed by atoms with Crippen LogP contribution in [0.15, 0.2) is 0 Å². The van der Waals surface area contributed by atoms with Gasteiger partial charge in [-0.1, -0.05) is 6.92 Å². The molecule has 1 aliphatic heterocycles. The first-order valence-corrected chi connectivity index (χ1v) is 8.05. The van der Waals surface area contributed by atoms with Crippen LogP contribution < -0.4 is 5.73 Å². The lowest BCUT2D eigenvalue weighted by Gasteiger charge is -2.29. The molecule has 1 aliphatic rings. The smallest absolute Gasteiger partial charge is 0.0700 e. The van der Waals surface area contributed by atoms with Crippen molar-refractivity contribution in [3.63, 3.8) is 0 Å². The predicted molar refractivity (Wildman–Crippen MR) is 83.1 cm³/mol. The van der Waals surface area contributed by atoms with Crippen molar-refractivity contribution < 1.29 is 9.47 Å². The average molecular weight is 287 g/mol. The quantitative estimate of drug-likeness (QED) is 0.602. The predicted octanol–water partition coefficient (Wildman–Crippen LogP) is 0.785. The van der Waals surface area contributed by atoms with Crippen LogP contribution >= 0.6 is 0 Å². The number of nitrogens with two attached hydrogens (primary N) is 1. The number of hydrogen-bond donors (Lipinski definition) is 1. The Labute approximate surface area is 124 Å². The fourth-order valence-electron chi connectivity index (χ4n) is 2.85. The lowest BCUT2D eigenvalue weighted by atomic mass is 10.1. The summed E-state index contributed by atoms with van der Waals surface area (Å²) >= 11 is 0. The molecular weight excluding hydrogens is 254 g/mol. The van der Waals surface area contributed by atoms with Crippen LogP contribution in [0.5, 0.6) is 0 Å². The molecule has 0 aromatic rings. The number of nitrogens with zero attached hydrogens (tertiary/aromatic N) is 2. The first kappa shape index (κ1) is 17.9. The van der Waals surface area contributed by atoms with Crippen molar-refractivity contribution in [2.45, 2.75) is 32.2 Å². The number of hydrogen-bond acceptors (Lipinski definition) is 5. The van der Waals surface area contributed by atoms with Gasteiger partial charge in [0.05, 0.1) is 19.8 Å². The Bertz CT molecular complexity index is 229. The van der Waals surface area contributed by atoms with Gasteiger partial charge in [-0.05, 0) is 38.9 Å². The van der Waals surface area contributed by atoms with Crippen molar-refractivity contribution in [2.75, 3.05) is 66.2 Å². The molecular formula is C15H33N3O2. The molecule has 0 radical (unpaired) electrons. The molecule has 0 saturated carbocycles. The van der Waals surface area contributed by atoms with Crippen molar-refractivity contribution in [3.05, 3.63) is 0 Å². The maximum Gasteiger partial charge on any atom is 0.0700 e. The fourth-order valence-corrected chi connectivity index (χ4v) is 2.85. The summed E-state index contributed by atoms with van der Waals surface area (Å²) in [5.41, 5.74) is 5.72. The van der Waals surface area contributed by atoms with E-state index in [1.807, 2.05) is 0 Å². The Balaban J connectivity index is 2.21. The highest BCUT2D eigenvalue weighted by Gasteiger charge is 2.20. The van der Waals surface area contributed by atoms with Gasteiger partial charge in [0.2, 0.25) is 0 Å². The van der Waals surface area contributed by atoms with Crippen LogP contribution in [0.25, 0.3) is 0 Å². The van der Waals surface area contributed by atoms with E-state index in [1.54, 1.807) is 7.11 Å². The van der Waals surface area contributed by atoms with Gasteiger partial charge in [0.1, 0.15) is 0 Å². The summed E-state index contributed by atoms with van der Waals surface area (Å²) in [7, 11) is 1.71. The van der Waals surface area contributed by atoms with Gasteiger partial charge in [0.25, 0.3) is 0 Å². The lowest BCUT2D eigenvalue weighted by Crippen LogP contribution is -2.39. The van der Waals surface area contributed by atoms with E-state index in [-0.39, 0.29) is 0 Å². The number of methoxy groups -OCH3 is 1. The van der Waals surface area contributed by atoms with Crippen molar-refractivity contribution in [1.29, 1.82) is 0 Å². The summed E-state index contributed by atoms with van der Waals surface area (Å²) in [5.74, 6) is 0. The van der Waals surface area contributed by atoms with E-state index >= 15 is 0 Å². The van der Waals surface area contributed by atoms with Gasteiger partial charge in [0, 0.05) is 32.8 Å². The first-order chi connectivity index (χ1) is 9.81. The summed E-state index contributed by atoms with van der Waals surface area (Å²) < 4.78 is 10.5. The van der Waals surface area contributed by atoms with E-state index < -0.39 is 0 Å². The summed E-state index contributed by atoms with van der Waals surface area (Å²) in [6.07, 6.45) is 3.58. The van der Waals surface area contributed by atoms with Crippen LogP contribution in [-0.4, -0.2) is 82.0 Å². The molecule has 0 aromatic carbocycles. The Hall–Kier alpha value is -0.200. The molecule has 1 heterocycles. The standard InChI is InChI=1S/C15H33N3O2/c1-3-15(5-6-16)18-8-4-7-17(9-10-18)11-12-20-14-13-19-2/h15H,3-14,16H2,1-2H3. The van der Waals surface area contributed by atoms with E-state index in [9.17, 15) is 0 Å². The second-order valence-corrected chi connectivity index (χ2v) is 5.48. The Morgan fingerprint density at radius 3 is 2.65 bits per heavy atom. The van der Waals surface area contributed by atoms with Gasteiger partial charge in [-0.15, -0.1) is 0 Å². The highest BCUT2D eigenvalue weighted by molar-refractivity contribution is 4.76. The molecule has 1 saturated heterocycles. The first-order valence-electron chi connectivity index (χ1n) is 8.05. The Kier molecular flexibility index (Phi) is 10.2. The zero-order valence-corrected chi connectivity index (χ0v) is 13.4. The topological polar surface area (TPSA) is 51.0 Å². The molecule has 5 nitrogen and oxygen atoms in total. The van der Waals surface area contributed by atoms with Crippen molar-refractivity contribution in [3.8, 4) is 0 Å². The minimum absolute atomic E-state index is 0.665. The monoisotopic (exact) mass is 287 g/mol. The normalized spacial score (nSPS) is 19.9. The fraction of sp³-hybridized carbons (Fsp3) is 1.00. The summed E-state index contributed by atoms with van der Waals surface area (Å²) in [5, 5.41) is 0. The molecule has 1 atom stereocenters. The van der Waals surface area contributed by atoms with Crippen molar-refractivity contribution >= 4 is 0 Å². The van der Waals surface area contributed by atoms with Crippen LogP contribution in [-0.2, 0) is 9.47 Å². The number of rotatable bonds is 10. The molecule has 0 amide bonds. The molecule has 0 bridgehead atoms. The molecule has 5 heteroatoms. The maximum absolute atomic E-state index is 5.72. The second-order valence-electron chi connectivity index (χ2n) is 5.48. The van der Waals surface area contributed by atoms with E-state index in [2.05, 4.69) is 16.7 Å².